The smallest absolute Gasteiger partial charge is 0.229 e. The topological polar surface area (TPSA) is 79.5 Å². The molecule has 0 aromatic carbocycles. The Bertz CT molecular complexity index is 701. The normalized spacial score (nSPS) is 26.6. The first-order valence-electron chi connectivity index (χ1n) is 9.74. The maximum atomic E-state index is 13.0. The van der Waals surface area contributed by atoms with Crippen molar-refractivity contribution in [2.24, 2.45) is 11.8 Å². The zero-order valence-electron chi connectivity index (χ0n) is 15.9. The number of carbonyl (C=O) groups is 2. The summed E-state index contributed by atoms with van der Waals surface area (Å²) in [7, 11) is 1.79. The maximum Gasteiger partial charge on any atom is 0.229 e. The molecule has 7 nitrogen and oxygen atoms in total. The minimum atomic E-state index is -0.408. The molecule has 0 bridgehead atoms. The van der Waals surface area contributed by atoms with Gasteiger partial charge in [-0.15, -0.1) is 0 Å². The maximum absolute atomic E-state index is 13.0. The summed E-state index contributed by atoms with van der Waals surface area (Å²) < 4.78 is 5.34. The summed E-state index contributed by atoms with van der Waals surface area (Å²) in [5, 5.41) is 4.11. The van der Waals surface area contributed by atoms with E-state index in [1.807, 2.05) is 18.7 Å². The van der Waals surface area contributed by atoms with Crippen LogP contribution in [0.4, 0.5) is 0 Å². The Morgan fingerprint density at radius 1 is 1.23 bits per heavy atom. The lowest BCUT2D eigenvalue weighted by Crippen LogP contribution is -2.50. The summed E-state index contributed by atoms with van der Waals surface area (Å²) in [5.74, 6) is 2.53. The molecule has 2 aliphatic heterocycles. The molecule has 0 spiro atoms. The lowest BCUT2D eigenvalue weighted by atomic mass is 9.86. The average Bonchev–Trinajstić information content (AvgIpc) is 3.33. The quantitative estimate of drug-likeness (QED) is 0.820. The van der Waals surface area contributed by atoms with E-state index in [1.165, 1.54) is 0 Å². The van der Waals surface area contributed by atoms with Crippen molar-refractivity contribution in [2.75, 3.05) is 20.1 Å². The van der Waals surface area contributed by atoms with E-state index in [2.05, 4.69) is 10.1 Å². The predicted octanol–water partition coefficient (Wildman–Crippen LogP) is 1.98. The largest absolute Gasteiger partial charge is 0.342 e. The number of hydrogen-bond acceptors (Lipinski definition) is 5. The highest BCUT2D eigenvalue weighted by atomic mass is 16.5. The van der Waals surface area contributed by atoms with Gasteiger partial charge in [0.2, 0.25) is 17.7 Å². The van der Waals surface area contributed by atoms with Crippen LogP contribution in [-0.4, -0.2) is 57.4 Å². The van der Waals surface area contributed by atoms with Gasteiger partial charge in [-0.05, 0) is 45.4 Å². The van der Waals surface area contributed by atoms with Crippen molar-refractivity contribution in [3.63, 3.8) is 0 Å². The fourth-order valence-corrected chi connectivity index (χ4v) is 4.19. The Morgan fingerprint density at radius 2 is 1.92 bits per heavy atom. The van der Waals surface area contributed by atoms with E-state index in [4.69, 9.17) is 4.52 Å². The third-order valence-corrected chi connectivity index (χ3v) is 6.58. The Balaban J connectivity index is 1.31. The van der Waals surface area contributed by atoms with E-state index in [0.717, 1.165) is 56.9 Å². The molecule has 1 aromatic heterocycles. The summed E-state index contributed by atoms with van der Waals surface area (Å²) in [6.45, 7) is 5.48. The van der Waals surface area contributed by atoms with E-state index in [1.54, 1.807) is 11.9 Å². The van der Waals surface area contributed by atoms with E-state index in [9.17, 15) is 9.59 Å². The van der Waals surface area contributed by atoms with Crippen molar-refractivity contribution < 1.29 is 14.1 Å². The van der Waals surface area contributed by atoms with Crippen LogP contribution < -0.4 is 0 Å². The molecular formula is C19H28N4O3. The molecule has 1 atom stereocenters. The molecule has 3 fully saturated rings. The second kappa shape index (κ2) is 6.35. The van der Waals surface area contributed by atoms with Gasteiger partial charge in [-0.25, -0.2) is 0 Å². The number of rotatable bonds is 4. The van der Waals surface area contributed by atoms with Crippen molar-refractivity contribution in [3.05, 3.63) is 11.7 Å². The molecule has 1 unspecified atom stereocenters. The van der Waals surface area contributed by atoms with Gasteiger partial charge in [-0.3, -0.25) is 9.59 Å². The SMILES string of the molecule is CN1C(=O)CC(C(=O)N2CCC(Cc3noc(C4CC4)n3)CC2)C1(C)C. The number of nitrogens with zero attached hydrogens (tertiary/aromatic N) is 4. The van der Waals surface area contributed by atoms with Crippen LogP contribution in [0.5, 0.6) is 0 Å². The molecule has 1 saturated carbocycles. The Kier molecular flexibility index (Phi) is 4.28. The molecule has 3 aliphatic rings. The Labute approximate surface area is 154 Å². The zero-order valence-corrected chi connectivity index (χ0v) is 15.9. The monoisotopic (exact) mass is 360 g/mol. The van der Waals surface area contributed by atoms with E-state index in [0.29, 0.717) is 18.3 Å². The molecule has 3 heterocycles. The van der Waals surface area contributed by atoms with Gasteiger partial charge in [0.25, 0.3) is 0 Å². The molecule has 1 aliphatic carbocycles. The van der Waals surface area contributed by atoms with Crippen molar-refractivity contribution in [3.8, 4) is 0 Å². The standard InChI is InChI=1S/C19H28N4O3/c1-19(2)14(11-16(24)22(19)3)18(25)23-8-6-12(7-9-23)10-15-20-17(26-21-15)13-4-5-13/h12-14H,4-11H2,1-3H3. The fraction of sp³-hybridized carbons (Fsp3) is 0.789. The van der Waals surface area contributed by atoms with E-state index < -0.39 is 5.54 Å². The average molecular weight is 360 g/mol. The fourth-order valence-electron chi connectivity index (χ4n) is 4.19. The van der Waals surface area contributed by atoms with Gasteiger partial charge in [0.05, 0.1) is 5.92 Å². The van der Waals surface area contributed by atoms with Gasteiger partial charge in [0.15, 0.2) is 5.82 Å². The number of carbonyl (C=O) groups excluding carboxylic acids is 2. The number of amides is 2. The molecule has 2 amide bonds. The summed E-state index contributed by atoms with van der Waals surface area (Å²) in [6.07, 6.45) is 5.39. The van der Waals surface area contributed by atoms with Crippen LogP contribution in [0.3, 0.4) is 0 Å². The lowest BCUT2D eigenvalue weighted by molar-refractivity contribution is -0.139. The van der Waals surface area contributed by atoms with Crippen LogP contribution >= 0.6 is 0 Å². The highest BCUT2D eigenvalue weighted by Crippen LogP contribution is 2.39. The number of aromatic nitrogens is 2. The van der Waals surface area contributed by atoms with Crippen LogP contribution in [0.25, 0.3) is 0 Å². The van der Waals surface area contributed by atoms with Gasteiger partial charge < -0.3 is 14.3 Å². The summed E-state index contributed by atoms with van der Waals surface area (Å²) >= 11 is 0. The molecular weight excluding hydrogens is 332 g/mol. The summed E-state index contributed by atoms with van der Waals surface area (Å²) in [6, 6.07) is 0. The molecule has 0 N–H and O–H groups in total. The summed E-state index contributed by atoms with van der Waals surface area (Å²) in [4.78, 5) is 33.2. The molecule has 7 heteroatoms. The van der Waals surface area contributed by atoms with Crippen LogP contribution in [0, 0.1) is 11.8 Å². The molecule has 26 heavy (non-hydrogen) atoms. The molecule has 0 radical (unpaired) electrons. The van der Waals surface area contributed by atoms with Gasteiger partial charge in [-0.1, -0.05) is 5.16 Å². The first-order chi connectivity index (χ1) is 12.4. The first kappa shape index (κ1) is 17.5. The van der Waals surface area contributed by atoms with Crippen molar-refractivity contribution in [1.29, 1.82) is 0 Å². The first-order valence-corrected chi connectivity index (χ1v) is 9.74. The van der Waals surface area contributed by atoms with Crippen LogP contribution in [-0.2, 0) is 16.0 Å². The van der Waals surface area contributed by atoms with Crippen molar-refractivity contribution in [2.45, 2.75) is 63.8 Å². The van der Waals surface area contributed by atoms with E-state index in [-0.39, 0.29) is 17.7 Å². The third kappa shape index (κ3) is 3.12. The molecule has 1 aromatic rings. The number of piperidine rings is 1. The predicted molar refractivity (Wildman–Crippen MR) is 94.2 cm³/mol. The summed E-state index contributed by atoms with van der Waals surface area (Å²) in [5.41, 5.74) is -0.408. The van der Waals surface area contributed by atoms with Crippen LogP contribution in [0.1, 0.15) is 63.6 Å². The Morgan fingerprint density at radius 3 is 2.50 bits per heavy atom. The highest BCUT2D eigenvalue weighted by molar-refractivity contribution is 5.91. The minimum absolute atomic E-state index is 0.0619. The van der Waals surface area contributed by atoms with Crippen molar-refractivity contribution in [1.82, 2.24) is 19.9 Å². The lowest BCUT2D eigenvalue weighted by Gasteiger charge is -2.38. The third-order valence-electron chi connectivity index (χ3n) is 6.58. The zero-order chi connectivity index (χ0) is 18.5. The molecule has 4 rings (SSSR count). The van der Waals surface area contributed by atoms with Crippen molar-refractivity contribution >= 4 is 11.8 Å². The number of likely N-dealkylation sites (tertiary alicyclic amines) is 2. The van der Waals surface area contributed by atoms with Gasteiger partial charge in [0.1, 0.15) is 0 Å². The van der Waals surface area contributed by atoms with Gasteiger partial charge >= 0.3 is 0 Å². The highest BCUT2D eigenvalue weighted by Gasteiger charge is 2.49. The molecule has 2 saturated heterocycles. The van der Waals surface area contributed by atoms with Crippen LogP contribution in [0.15, 0.2) is 4.52 Å². The Hall–Kier alpha value is -1.92. The second-order valence-electron chi connectivity index (χ2n) is 8.66. The second-order valence-corrected chi connectivity index (χ2v) is 8.66. The van der Waals surface area contributed by atoms with Gasteiger partial charge in [-0.2, -0.15) is 4.98 Å². The molecule has 142 valence electrons. The number of hydrogen-bond donors (Lipinski definition) is 0. The van der Waals surface area contributed by atoms with E-state index >= 15 is 0 Å². The van der Waals surface area contributed by atoms with Gasteiger partial charge in [0, 0.05) is 44.4 Å². The van der Waals surface area contributed by atoms with Crippen LogP contribution in [0.2, 0.25) is 0 Å². The minimum Gasteiger partial charge on any atom is -0.342 e.